The lowest BCUT2D eigenvalue weighted by molar-refractivity contribution is 0.0945. The fourth-order valence-electron chi connectivity index (χ4n) is 2.32. The normalized spacial score (nSPS) is 10.7. The van der Waals surface area contributed by atoms with Crippen LogP contribution in [-0.4, -0.2) is 48.0 Å². The molecule has 0 atom stereocenters. The molecule has 1 aromatic carbocycles. The number of hydrogen-bond donors (Lipinski definition) is 2. The number of anilines is 2. The molecule has 0 aliphatic heterocycles. The molecule has 1 aromatic heterocycles. The molecule has 128 valence electrons. The van der Waals surface area contributed by atoms with Crippen molar-refractivity contribution in [3.8, 4) is 0 Å². The van der Waals surface area contributed by atoms with Crippen LogP contribution in [-0.2, 0) is 6.42 Å². The molecule has 0 saturated carbocycles. The summed E-state index contributed by atoms with van der Waals surface area (Å²) in [5, 5.41) is 6.17. The standard InChI is InChI=1S/C18H25N5O/c1-5-14-8-6-7-9-15(14)22-17-12-16(20-13(2)21-17)18(24)19-10-11-23(3)4/h6-9,12H,5,10-11H2,1-4H3,(H,19,24)(H,20,21,22). The number of likely N-dealkylation sites (N-methyl/N-ethyl adjacent to an activating group) is 1. The number of amides is 1. The smallest absolute Gasteiger partial charge is 0.270 e. The molecule has 0 radical (unpaired) electrons. The van der Waals surface area contributed by atoms with E-state index < -0.39 is 0 Å². The van der Waals surface area contributed by atoms with Gasteiger partial charge in [0, 0.05) is 24.8 Å². The number of carbonyl (C=O) groups excluding carboxylic acids is 1. The van der Waals surface area contributed by atoms with E-state index in [4.69, 9.17) is 0 Å². The highest BCUT2D eigenvalue weighted by molar-refractivity contribution is 5.93. The maximum atomic E-state index is 12.3. The average molecular weight is 327 g/mol. The van der Waals surface area contributed by atoms with Crippen LogP contribution in [0.3, 0.4) is 0 Å². The van der Waals surface area contributed by atoms with Crippen LogP contribution in [0, 0.1) is 6.92 Å². The van der Waals surface area contributed by atoms with E-state index in [0.717, 1.165) is 18.7 Å². The van der Waals surface area contributed by atoms with Crippen molar-refractivity contribution >= 4 is 17.4 Å². The van der Waals surface area contributed by atoms with Crippen LogP contribution in [0.15, 0.2) is 30.3 Å². The van der Waals surface area contributed by atoms with Crippen molar-refractivity contribution in [1.29, 1.82) is 0 Å². The molecule has 2 N–H and O–H groups in total. The zero-order chi connectivity index (χ0) is 17.5. The number of aryl methyl sites for hydroxylation is 2. The van der Waals surface area contributed by atoms with Crippen LogP contribution < -0.4 is 10.6 Å². The Hall–Kier alpha value is -2.47. The summed E-state index contributed by atoms with van der Waals surface area (Å²) >= 11 is 0. The summed E-state index contributed by atoms with van der Waals surface area (Å²) in [4.78, 5) is 22.9. The van der Waals surface area contributed by atoms with Gasteiger partial charge in [-0.1, -0.05) is 25.1 Å². The first-order chi connectivity index (χ1) is 11.5. The van der Waals surface area contributed by atoms with Crippen molar-refractivity contribution in [3.63, 3.8) is 0 Å². The number of carbonyl (C=O) groups is 1. The lowest BCUT2D eigenvalue weighted by atomic mass is 10.1. The third-order valence-corrected chi connectivity index (χ3v) is 3.58. The first kappa shape index (κ1) is 17.9. The maximum absolute atomic E-state index is 12.3. The molecule has 0 saturated heterocycles. The number of nitrogens with zero attached hydrogens (tertiary/aromatic N) is 3. The van der Waals surface area contributed by atoms with Gasteiger partial charge >= 0.3 is 0 Å². The van der Waals surface area contributed by atoms with E-state index in [1.807, 2.05) is 37.2 Å². The average Bonchev–Trinajstić information content (AvgIpc) is 2.54. The van der Waals surface area contributed by atoms with E-state index in [-0.39, 0.29) is 5.91 Å². The Labute approximate surface area is 143 Å². The zero-order valence-electron chi connectivity index (χ0n) is 14.8. The maximum Gasteiger partial charge on any atom is 0.270 e. The molecule has 6 nitrogen and oxygen atoms in total. The van der Waals surface area contributed by atoms with Crippen molar-refractivity contribution < 1.29 is 4.79 Å². The Morgan fingerprint density at radius 2 is 1.96 bits per heavy atom. The Bertz CT molecular complexity index is 700. The number of aromatic nitrogens is 2. The fourth-order valence-corrected chi connectivity index (χ4v) is 2.32. The molecule has 0 aliphatic rings. The molecule has 0 spiro atoms. The van der Waals surface area contributed by atoms with Crippen LogP contribution in [0.4, 0.5) is 11.5 Å². The lowest BCUT2D eigenvalue weighted by Gasteiger charge is -2.13. The van der Waals surface area contributed by atoms with Crippen molar-refractivity contribution in [1.82, 2.24) is 20.2 Å². The van der Waals surface area contributed by atoms with Gasteiger partial charge in [0.15, 0.2) is 0 Å². The van der Waals surface area contributed by atoms with Gasteiger partial charge in [-0.2, -0.15) is 0 Å². The molecule has 6 heteroatoms. The summed E-state index contributed by atoms with van der Waals surface area (Å²) in [7, 11) is 3.93. The molecule has 0 bridgehead atoms. The number of rotatable bonds is 7. The van der Waals surface area contributed by atoms with Gasteiger partial charge in [-0.05, 0) is 39.1 Å². The predicted octanol–water partition coefficient (Wildman–Crippen LogP) is 2.38. The highest BCUT2D eigenvalue weighted by Gasteiger charge is 2.11. The van der Waals surface area contributed by atoms with Gasteiger partial charge < -0.3 is 15.5 Å². The minimum atomic E-state index is -0.186. The van der Waals surface area contributed by atoms with Crippen molar-refractivity contribution in [3.05, 3.63) is 47.4 Å². The first-order valence-corrected chi connectivity index (χ1v) is 8.13. The van der Waals surface area contributed by atoms with Crippen LogP contribution in [0.2, 0.25) is 0 Å². The van der Waals surface area contributed by atoms with E-state index in [9.17, 15) is 4.79 Å². The Kier molecular flexibility index (Phi) is 6.26. The van der Waals surface area contributed by atoms with Crippen molar-refractivity contribution in [2.75, 3.05) is 32.5 Å². The Morgan fingerprint density at radius 1 is 1.21 bits per heavy atom. The zero-order valence-corrected chi connectivity index (χ0v) is 14.8. The van der Waals surface area contributed by atoms with Crippen LogP contribution >= 0.6 is 0 Å². The second kappa shape index (κ2) is 8.40. The quantitative estimate of drug-likeness (QED) is 0.817. The van der Waals surface area contributed by atoms with Crippen LogP contribution in [0.5, 0.6) is 0 Å². The second-order valence-corrected chi connectivity index (χ2v) is 5.88. The molecule has 1 heterocycles. The summed E-state index contributed by atoms with van der Waals surface area (Å²) in [5.41, 5.74) is 2.57. The van der Waals surface area contributed by atoms with Gasteiger partial charge in [-0.25, -0.2) is 9.97 Å². The highest BCUT2D eigenvalue weighted by atomic mass is 16.1. The van der Waals surface area contributed by atoms with E-state index in [0.29, 0.717) is 23.9 Å². The second-order valence-electron chi connectivity index (χ2n) is 5.88. The van der Waals surface area contributed by atoms with Crippen molar-refractivity contribution in [2.24, 2.45) is 0 Å². The lowest BCUT2D eigenvalue weighted by Crippen LogP contribution is -2.32. The van der Waals surface area contributed by atoms with Gasteiger partial charge in [0.05, 0.1) is 0 Å². The van der Waals surface area contributed by atoms with E-state index in [1.54, 1.807) is 13.0 Å². The molecular weight excluding hydrogens is 302 g/mol. The SMILES string of the molecule is CCc1ccccc1Nc1cc(C(=O)NCCN(C)C)nc(C)n1. The van der Waals surface area contributed by atoms with Gasteiger partial charge in [-0.15, -0.1) is 0 Å². The van der Waals surface area contributed by atoms with E-state index in [1.165, 1.54) is 5.56 Å². The summed E-state index contributed by atoms with van der Waals surface area (Å²) in [6.45, 7) is 5.25. The molecule has 0 fully saturated rings. The van der Waals surface area contributed by atoms with Crippen molar-refractivity contribution in [2.45, 2.75) is 20.3 Å². The summed E-state index contributed by atoms with van der Waals surface area (Å²) in [5.74, 6) is 1.00. The third-order valence-electron chi connectivity index (χ3n) is 3.58. The summed E-state index contributed by atoms with van der Waals surface area (Å²) in [6, 6.07) is 9.76. The minimum absolute atomic E-state index is 0.186. The minimum Gasteiger partial charge on any atom is -0.349 e. The highest BCUT2D eigenvalue weighted by Crippen LogP contribution is 2.20. The molecule has 0 aliphatic carbocycles. The van der Waals surface area contributed by atoms with Gasteiger partial charge in [-0.3, -0.25) is 4.79 Å². The molecule has 1 amide bonds. The fraction of sp³-hybridized carbons (Fsp3) is 0.389. The molecule has 2 rings (SSSR count). The third kappa shape index (κ3) is 5.03. The Morgan fingerprint density at radius 3 is 2.67 bits per heavy atom. The summed E-state index contributed by atoms with van der Waals surface area (Å²) in [6.07, 6.45) is 0.922. The number of hydrogen-bond acceptors (Lipinski definition) is 5. The molecule has 24 heavy (non-hydrogen) atoms. The first-order valence-electron chi connectivity index (χ1n) is 8.13. The monoisotopic (exact) mass is 327 g/mol. The summed E-state index contributed by atoms with van der Waals surface area (Å²) < 4.78 is 0. The van der Waals surface area contributed by atoms with Crippen LogP contribution in [0.1, 0.15) is 28.8 Å². The van der Waals surface area contributed by atoms with Gasteiger partial charge in [0.2, 0.25) is 0 Å². The molecule has 0 unspecified atom stereocenters. The number of nitrogens with one attached hydrogen (secondary N) is 2. The topological polar surface area (TPSA) is 70.2 Å². The van der Waals surface area contributed by atoms with E-state index in [2.05, 4.69) is 33.6 Å². The molecular formula is C18H25N5O. The van der Waals surface area contributed by atoms with Gasteiger partial charge in [0.25, 0.3) is 5.91 Å². The molecule has 2 aromatic rings. The predicted molar refractivity (Wildman–Crippen MR) is 96.8 cm³/mol. The number of para-hydroxylation sites is 1. The Balaban J connectivity index is 2.14. The largest absolute Gasteiger partial charge is 0.349 e. The van der Waals surface area contributed by atoms with E-state index >= 15 is 0 Å². The number of benzene rings is 1. The van der Waals surface area contributed by atoms with Gasteiger partial charge in [0.1, 0.15) is 17.3 Å². The van der Waals surface area contributed by atoms with Crippen LogP contribution in [0.25, 0.3) is 0 Å².